The highest BCUT2D eigenvalue weighted by atomic mass is 79.9. The third kappa shape index (κ3) is 4.76. The minimum absolute atomic E-state index is 0.0549. The average molecular weight is 421 g/mol. The number of hydrogen-bond donors (Lipinski definition) is 1. The van der Waals surface area contributed by atoms with Crippen LogP contribution in [0.5, 0.6) is 0 Å². The molecule has 25 heavy (non-hydrogen) atoms. The zero-order valence-corrected chi connectivity index (χ0v) is 15.8. The predicted octanol–water partition coefficient (Wildman–Crippen LogP) is 4.53. The highest BCUT2D eigenvalue weighted by Gasteiger charge is 2.23. The fraction of sp³-hybridized carbons (Fsp3) is 0.222. The normalized spacial score (nSPS) is 13.6. The Morgan fingerprint density at radius 2 is 2.08 bits per heavy atom. The van der Waals surface area contributed by atoms with Gasteiger partial charge in [-0.15, -0.1) is 11.8 Å². The van der Waals surface area contributed by atoms with E-state index in [-0.39, 0.29) is 12.0 Å². The summed E-state index contributed by atoms with van der Waals surface area (Å²) in [5.74, 6) is 0.632. The first kappa shape index (κ1) is 17.8. The van der Waals surface area contributed by atoms with Gasteiger partial charge < -0.3 is 10.1 Å². The number of benzene rings is 2. The van der Waals surface area contributed by atoms with Gasteiger partial charge in [0.1, 0.15) is 6.61 Å². The van der Waals surface area contributed by atoms with Crippen LogP contribution in [0.2, 0.25) is 0 Å². The number of cyclic esters (lactones) is 1. The SMILES string of the molecule is O=C(CCSc1ccccc1Br)Nc1cccc(N2CCOC2=O)c1. The molecule has 1 fully saturated rings. The van der Waals surface area contributed by atoms with Crippen LogP contribution in [-0.2, 0) is 9.53 Å². The summed E-state index contributed by atoms with van der Waals surface area (Å²) in [6, 6.07) is 15.2. The first-order valence-corrected chi connectivity index (χ1v) is 9.63. The number of amides is 2. The third-order valence-corrected chi connectivity index (χ3v) is 5.65. The maximum atomic E-state index is 12.1. The Morgan fingerprint density at radius 1 is 1.24 bits per heavy atom. The number of ether oxygens (including phenoxy) is 1. The highest BCUT2D eigenvalue weighted by Crippen LogP contribution is 2.27. The summed E-state index contributed by atoms with van der Waals surface area (Å²) in [6.45, 7) is 0.917. The van der Waals surface area contributed by atoms with Crippen LogP contribution in [0.1, 0.15) is 6.42 Å². The molecule has 5 nitrogen and oxygen atoms in total. The molecule has 7 heteroatoms. The minimum atomic E-state index is -0.353. The summed E-state index contributed by atoms with van der Waals surface area (Å²) in [5, 5.41) is 2.88. The topological polar surface area (TPSA) is 58.6 Å². The lowest BCUT2D eigenvalue weighted by Crippen LogP contribution is -2.23. The Morgan fingerprint density at radius 3 is 2.84 bits per heavy atom. The molecule has 0 atom stereocenters. The van der Waals surface area contributed by atoms with E-state index in [2.05, 4.69) is 21.2 Å². The number of carbonyl (C=O) groups is 2. The van der Waals surface area contributed by atoms with E-state index in [0.29, 0.717) is 31.0 Å². The van der Waals surface area contributed by atoms with E-state index >= 15 is 0 Å². The van der Waals surface area contributed by atoms with Crippen molar-refractivity contribution in [3.8, 4) is 0 Å². The molecule has 0 spiro atoms. The van der Waals surface area contributed by atoms with Crippen molar-refractivity contribution < 1.29 is 14.3 Å². The molecule has 1 heterocycles. The van der Waals surface area contributed by atoms with Crippen LogP contribution in [0.15, 0.2) is 57.9 Å². The van der Waals surface area contributed by atoms with Gasteiger partial charge in [-0.3, -0.25) is 9.69 Å². The highest BCUT2D eigenvalue weighted by molar-refractivity contribution is 9.10. The van der Waals surface area contributed by atoms with E-state index in [1.54, 1.807) is 22.7 Å². The maximum Gasteiger partial charge on any atom is 0.414 e. The quantitative estimate of drug-likeness (QED) is 0.697. The van der Waals surface area contributed by atoms with Crippen molar-refractivity contribution in [1.29, 1.82) is 0 Å². The lowest BCUT2D eigenvalue weighted by atomic mass is 10.2. The molecule has 1 aliphatic rings. The third-order valence-electron chi connectivity index (χ3n) is 3.63. The van der Waals surface area contributed by atoms with Crippen molar-refractivity contribution in [2.75, 3.05) is 29.1 Å². The van der Waals surface area contributed by atoms with Gasteiger partial charge in [0.15, 0.2) is 0 Å². The molecule has 2 amide bonds. The Bertz CT molecular complexity index is 784. The number of thioether (sulfide) groups is 1. The smallest absolute Gasteiger partial charge is 0.414 e. The van der Waals surface area contributed by atoms with Crippen LogP contribution in [0.25, 0.3) is 0 Å². The van der Waals surface area contributed by atoms with Crippen molar-refractivity contribution in [3.05, 3.63) is 53.0 Å². The Kier molecular flexibility index (Phi) is 5.99. The van der Waals surface area contributed by atoms with Gasteiger partial charge >= 0.3 is 6.09 Å². The van der Waals surface area contributed by atoms with Gasteiger partial charge in [0, 0.05) is 32.9 Å². The van der Waals surface area contributed by atoms with E-state index in [1.165, 1.54) is 0 Å². The summed E-state index contributed by atoms with van der Waals surface area (Å²) >= 11 is 5.13. The molecule has 130 valence electrons. The van der Waals surface area contributed by atoms with Crippen LogP contribution in [0.3, 0.4) is 0 Å². The number of hydrogen-bond acceptors (Lipinski definition) is 4. The van der Waals surface area contributed by atoms with Crippen LogP contribution >= 0.6 is 27.7 Å². The van der Waals surface area contributed by atoms with Crippen molar-refractivity contribution >= 4 is 51.1 Å². The van der Waals surface area contributed by atoms with Gasteiger partial charge in [-0.2, -0.15) is 0 Å². The number of rotatable bonds is 6. The average Bonchev–Trinajstić information content (AvgIpc) is 3.03. The summed E-state index contributed by atoms with van der Waals surface area (Å²) < 4.78 is 5.97. The molecule has 2 aromatic carbocycles. The van der Waals surface area contributed by atoms with Gasteiger partial charge in [0.25, 0.3) is 0 Å². The van der Waals surface area contributed by atoms with E-state index in [0.717, 1.165) is 15.1 Å². The van der Waals surface area contributed by atoms with Gasteiger partial charge in [0.2, 0.25) is 5.91 Å². The number of anilines is 2. The zero-order chi connectivity index (χ0) is 17.6. The summed E-state index contributed by atoms with van der Waals surface area (Å²) in [6.07, 6.45) is 0.0513. The number of nitrogens with zero attached hydrogens (tertiary/aromatic N) is 1. The molecule has 0 unspecified atom stereocenters. The zero-order valence-electron chi connectivity index (χ0n) is 13.4. The van der Waals surface area contributed by atoms with Gasteiger partial charge in [-0.25, -0.2) is 4.79 Å². The fourth-order valence-corrected chi connectivity index (χ4v) is 3.93. The molecule has 0 radical (unpaired) electrons. The Labute approximate surface area is 158 Å². The molecular weight excluding hydrogens is 404 g/mol. The van der Waals surface area contributed by atoms with Gasteiger partial charge in [0.05, 0.1) is 6.54 Å². The molecule has 0 aromatic heterocycles. The molecule has 3 rings (SSSR count). The minimum Gasteiger partial charge on any atom is -0.447 e. The number of halogens is 1. The van der Waals surface area contributed by atoms with E-state index in [4.69, 9.17) is 4.74 Å². The first-order chi connectivity index (χ1) is 12.1. The molecular formula is C18H17BrN2O3S. The maximum absolute atomic E-state index is 12.1. The predicted molar refractivity (Wildman–Crippen MR) is 103 cm³/mol. The standard InChI is InChI=1S/C18H17BrN2O3S/c19-15-6-1-2-7-16(15)25-11-8-17(22)20-13-4-3-5-14(12-13)21-9-10-24-18(21)23/h1-7,12H,8-11H2,(H,20,22). The largest absolute Gasteiger partial charge is 0.447 e. The van der Waals surface area contributed by atoms with Crippen LogP contribution in [0, 0.1) is 0 Å². The van der Waals surface area contributed by atoms with E-state index in [1.807, 2.05) is 42.5 Å². The van der Waals surface area contributed by atoms with Crippen LogP contribution < -0.4 is 10.2 Å². The lowest BCUT2D eigenvalue weighted by Gasteiger charge is -2.14. The Balaban J connectivity index is 1.53. The van der Waals surface area contributed by atoms with E-state index < -0.39 is 0 Å². The van der Waals surface area contributed by atoms with Crippen LogP contribution in [-0.4, -0.2) is 30.9 Å². The molecule has 0 saturated carbocycles. The van der Waals surface area contributed by atoms with E-state index in [9.17, 15) is 9.59 Å². The molecule has 0 aliphatic carbocycles. The number of nitrogens with one attached hydrogen (secondary N) is 1. The van der Waals surface area contributed by atoms with Gasteiger partial charge in [-0.1, -0.05) is 18.2 Å². The summed E-state index contributed by atoms with van der Waals surface area (Å²) in [4.78, 5) is 26.4. The van der Waals surface area contributed by atoms with Crippen LogP contribution in [0.4, 0.5) is 16.2 Å². The lowest BCUT2D eigenvalue weighted by molar-refractivity contribution is -0.115. The second-order valence-electron chi connectivity index (χ2n) is 5.39. The van der Waals surface area contributed by atoms with Crippen molar-refractivity contribution in [2.24, 2.45) is 0 Å². The molecule has 1 saturated heterocycles. The Hall–Kier alpha value is -1.99. The first-order valence-electron chi connectivity index (χ1n) is 7.85. The molecule has 1 aliphatic heterocycles. The van der Waals surface area contributed by atoms with Crippen molar-refractivity contribution in [1.82, 2.24) is 0 Å². The second-order valence-corrected chi connectivity index (χ2v) is 7.38. The second kappa shape index (κ2) is 8.40. The molecule has 2 aromatic rings. The van der Waals surface area contributed by atoms with Gasteiger partial charge in [-0.05, 0) is 46.3 Å². The number of carbonyl (C=O) groups excluding carboxylic acids is 2. The molecule has 0 bridgehead atoms. The monoisotopic (exact) mass is 420 g/mol. The summed E-state index contributed by atoms with van der Waals surface area (Å²) in [7, 11) is 0. The fourth-order valence-electron chi connectivity index (χ4n) is 2.42. The van der Waals surface area contributed by atoms with Crippen molar-refractivity contribution in [3.63, 3.8) is 0 Å². The van der Waals surface area contributed by atoms with Crippen molar-refractivity contribution in [2.45, 2.75) is 11.3 Å². The molecule has 1 N–H and O–H groups in total. The summed E-state index contributed by atoms with van der Waals surface area (Å²) in [5.41, 5.74) is 1.40.